The molecule has 1 heterocycles. The lowest BCUT2D eigenvalue weighted by molar-refractivity contribution is 0.593. The fourth-order valence-corrected chi connectivity index (χ4v) is 2.26. The fourth-order valence-electron chi connectivity index (χ4n) is 2.26. The maximum absolute atomic E-state index is 2.34. The smallest absolute Gasteiger partial charge is 0.0480 e. The summed E-state index contributed by atoms with van der Waals surface area (Å²) in [6.45, 7) is 9.04. The van der Waals surface area contributed by atoms with Crippen molar-refractivity contribution in [2.24, 2.45) is 7.05 Å². The zero-order valence-corrected chi connectivity index (χ0v) is 11.0. The first-order valence-electron chi connectivity index (χ1n) is 6.02. The Hall–Kier alpha value is -1.24. The van der Waals surface area contributed by atoms with Crippen LogP contribution in [-0.2, 0) is 18.9 Å². The second kappa shape index (κ2) is 3.65. The second-order valence-corrected chi connectivity index (χ2v) is 5.61. The third-order valence-electron chi connectivity index (χ3n) is 3.27. The van der Waals surface area contributed by atoms with Crippen molar-refractivity contribution in [1.82, 2.24) is 4.57 Å². The van der Waals surface area contributed by atoms with Crippen LogP contribution in [0.2, 0.25) is 0 Å². The first-order chi connectivity index (χ1) is 7.43. The van der Waals surface area contributed by atoms with E-state index in [1.165, 1.54) is 22.0 Å². The molecule has 2 aromatic rings. The second-order valence-electron chi connectivity index (χ2n) is 5.61. The molecular weight excluding hydrogens is 194 g/mol. The summed E-state index contributed by atoms with van der Waals surface area (Å²) < 4.78 is 2.23. The van der Waals surface area contributed by atoms with E-state index in [4.69, 9.17) is 0 Å². The molecule has 0 unspecified atom stereocenters. The Labute approximate surface area is 98.1 Å². The summed E-state index contributed by atoms with van der Waals surface area (Å²) in [5.41, 5.74) is 4.41. The lowest BCUT2D eigenvalue weighted by Crippen LogP contribution is -2.10. The van der Waals surface area contributed by atoms with Crippen LogP contribution in [0.25, 0.3) is 10.9 Å². The standard InChI is InChI=1S/C15H21N/c1-6-11-7-8-14-12(9-11)13(10-16(14)5)15(2,3)4/h7-10H,6H2,1-5H3. The molecule has 0 saturated carbocycles. The summed E-state index contributed by atoms with van der Waals surface area (Å²) in [4.78, 5) is 0. The van der Waals surface area contributed by atoms with E-state index < -0.39 is 0 Å². The van der Waals surface area contributed by atoms with Gasteiger partial charge in [-0.25, -0.2) is 0 Å². The monoisotopic (exact) mass is 215 g/mol. The van der Waals surface area contributed by atoms with E-state index in [0.717, 1.165) is 6.42 Å². The maximum atomic E-state index is 2.34. The molecule has 0 atom stereocenters. The summed E-state index contributed by atoms with van der Waals surface area (Å²) in [7, 11) is 2.13. The Bertz CT molecular complexity index is 512. The molecule has 1 nitrogen and oxygen atoms in total. The van der Waals surface area contributed by atoms with E-state index in [9.17, 15) is 0 Å². The predicted molar refractivity (Wildman–Crippen MR) is 71.0 cm³/mol. The highest BCUT2D eigenvalue weighted by Gasteiger charge is 2.19. The summed E-state index contributed by atoms with van der Waals surface area (Å²) >= 11 is 0. The third-order valence-corrected chi connectivity index (χ3v) is 3.27. The number of aryl methyl sites for hydroxylation is 2. The molecule has 0 fully saturated rings. The van der Waals surface area contributed by atoms with E-state index in [1.54, 1.807) is 0 Å². The van der Waals surface area contributed by atoms with E-state index in [-0.39, 0.29) is 5.41 Å². The van der Waals surface area contributed by atoms with Crippen molar-refractivity contribution in [2.75, 3.05) is 0 Å². The van der Waals surface area contributed by atoms with Gasteiger partial charge in [0.25, 0.3) is 0 Å². The molecule has 0 spiro atoms. The predicted octanol–water partition coefficient (Wildman–Crippen LogP) is 4.04. The van der Waals surface area contributed by atoms with Gasteiger partial charge in [-0.1, -0.05) is 33.8 Å². The van der Waals surface area contributed by atoms with Gasteiger partial charge in [-0.2, -0.15) is 0 Å². The van der Waals surface area contributed by atoms with Crippen LogP contribution in [0.3, 0.4) is 0 Å². The Balaban J connectivity index is 2.75. The number of rotatable bonds is 1. The van der Waals surface area contributed by atoms with Crippen molar-refractivity contribution in [3.05, 3.63) is 35.5 Å². The molecule has 86 valence electrons. The molecular formula is C15H21N. The highest BCUT2D eigenvalue weighted by atomic mass is 14.9. The molecule has 0 N–H and O–H groups in total. The maximum Gasteiger partial charge on any atom is 0.0480 e. The van der Waals surface area contributed by atoms with Crippen molar-refractivity contribution in [2.45, 2.75) is 39.5 Å². The van der Waals surface area contributed by atoms with Crippen molar-refractivity contribution in [3.63, 3.8) is 0 Å². The average molecular weight is 215 g/mol. The van der Waals surface area contributed by atoms with Crippen LogP contribution in [0.4, 0.5) is 0 Å². The van der Waals surface area contributed by atoms with Crippen LogP contribution in [0.1, 0.15) is 38.8 Å². The van der Waals surface area contributed by atoms with Crippen molar-refractivity contribution in [1.29, 1.82) is 0 Å². The summed E-state index contributed by atoms with van der Waals surface area (Å²) in [6.07, 6.45) is 3.37. The quantitative estimate of drug-likeness (QED) is 0.676. The van der Waals surface area contributed by atoms with E-state index in [1.807, 2.05) is 0 Å². The van der Waals surface area contributed by atoms with Crippen molar-refractivity contribution in [3.8, 4) is 0 Å². The molecule has 1 aromatic heterocycles. The van der Waals surface area contributed by atoms with Gasteiger partial charge in [0.2, 0.25) is 0 Å². The molecule has 0 aliphatic carbocycles. The van der Waals surface area contributed by atoms with E-state index >= 15 is 0 Å². The number of hydrogen-bond donors (Lipinski definition) is 0. The molecule has 16 heavy (non-hydrogen) atoms. The average Bonchev–Trinajstić information content (AvgIpc) is 2.55. The molecule has 0 bridgehead atoms. The van der Waals surface area contributed by atoms with E-state index in [0.29, 0.717) is 0 Å². The van der Waals surface area contributed by atoms with Crippen LogP contribution in [0.5, 0.6) is 0 Å². The van der Waals surface area contributed by atoms with Gasteiger partial charge in [0.15, 0.2) is 0 Å². The van der Waals surface area contributed by atoms with Gasteiger partial charge in [-0.15, -0.1) is 0 Å². The first kappa shape index (κ1) is 11.3. The normalized spacial score (nSPS) is 12.3. The van der Waals surface area contributed by atoms with Crippen molar-refractivity contribution < 1.29 is 0 Å². The highest BCUT2D eigenvalue weighted by Crippen LogP contribution is 2.31. The molecule has 0 aliphatic heterocycles. The van der Waals surface area contributed by atoms with Gasteiger partial charge >= 0.3 is 0 Å². The van der Waals surface area contributed by atoms with E-state index in [2.05, 4.69) is 63.7 Å². The SMILES string of the molecule is CCc1ccc2c(c1)c(C(C)(C)C)cn2C. The molecule has 0 amide bonds. The van der Waals surface area contributed by atoms with Crippen LogP contribution < -0.4 is 0 Å². The number of nitrogens with zero attached hydrogens (tertiary/aromatic N) is 1. The number of benzene rings is 1. The van der Waals surface area contributed by atoms with Gasteiger partial charge in [0, 0.05) is 24.1 Å². The third kappa shape index (κ3) is 1.75. The van der Waals surface area contributed by atoms with Gasteiger partial charge in [0.1, 0.15) is 0 Å². The van der Waals surface area contributed by atoms with Gasteiger partial charge in [0.05, 0.1) is 0 Å². The molecule has 0 aliphatic rings. The molecule has 1 heteroatoms. The Morgan fingerprint density at radius 3 is 2.44 bits per heavy atom. The zero-order valence-electron chi connectivity index (χ0n) is 11.0. The number of fused-ring (bicyclic) bond motifs is 1. The molecule has 1 aromatic carbocycles. The number of aromatic nitrogens is 1. The highest BCUT2D eigenvalue weighted by molar-refractivity contribution is 5.85. The van der Waals surface area contributed by atoms with Crippen LogP contribution in [-0.4, -0.2) is 4.57 Å². The number of hydrogen-bond acceptors (Lipinski definition) is 0. The minimum atomic E-state index is 0.214. The van der Waals surface area contributed by atoms with Crippen LogP contribution in [0.15, 0.2) is 24.4 Å². The summed E-state index contributed by atoms with van der Waals surface area (Å²) in [6, 6.07) is 6.81. The van der Waals surface area contributed by atoms with Gasteiger partial charge in [-0.05, 0) is 35.1 Å². The minimum Gasteiger partial charge on any atom is -0.350 e. The molecule has 2 rings (SSSR count). The molecule has 0 saturated heterocycles. The minimum absolute atomic E-state index is 0.214. The summed E-state index contributed by atoms with van der Waals surface area (Å²) in [5.74, 6) is 0. The van der Waals surface area contributed by atoms with Crippen molar-refractivity contribution >= 4 is 10.9 Å². The Morgan fingerprint density at radius 1 is 1.19 bits per heavy atom. The van der Waals surface area contributed by atoms with Gasteiger partial charge in [-0.3, -0.25) is 0 Å². The fraction of sp³-hybridized carbons (Fsp3) is 0.467. The Morgan fingerprint density at radius 2 is 1.88 bits per heavy atom. The lowest BCUT2D eigenvalue weighted by Gasteiger charge is -2.17. The first-order valence-corrected chi connectivity index (χ1v) is 6.02. The summed E-state index contributed by atoms with van der Waals surface area (Å²) in [5, 5.41) is 1.41. The zero-order chi connectivity index (χ0) is 11.9. The topological polar surface area (TPSA) is 4.93 Å². The van der Waals surface area contributed by atoms with Crippen LogP contribution in [0, 0.1) is 0 Å². The van der Waals surface area contributed by atoms with Crippen LogP contribution >= 0.6 is 0 Å². The molecule has 0 radical (unpaired) electrons. The lowest BCUT2D eigenvalue weighted by atomic mass is 9.86. The Kier molecular flexibility index (Phi) is 2.57. The van der Waals surface area contributed by atoms with Gasteiger partial charge < -0.3 is 4.57 Å². The largest absolute Gasteiger partial charge is 0.350 e.